The molecule has 0 bridgehead atoms. The average molecular weight is 264 g/mol. The summed E-state index contributed by atoms with van der Waals surface area (Å²) in [5, 5.41) is 0. The predicted octanol–water partition coefficient (Wildman–Crippen LogP) is 2.37. The van der Waals surface area contributed by atoms with Crippen molar-refractivity contribution in [3.05, 3.63) is 53.5 Å². The Morgan fingerprint density at radius 1 is 1.17 bits per heavy atom. The molecule has 0 unspecified atom stereocenters. The van der Waals surface area contributed by atoms with Gasteiger partial charge < -0.3 is 4.42 Å². The van der Waals surface area contributed by atoms with E-state index in [-0.39, 0.29) is 22.2 Å². The lowest BCUT2D eigenvalue weighted by molar-refractivity contribution is 0.109. The smallest absolute Gasteiger partial charge is 0.185 e. The Morgan fingerprint density at radius 3 is 2.50 bits per heavy atom. The zero-order chi connectivity index (χ0) is 13.2. The predicted molar refractivity (Wildman–Crippen MR) is 66.2 cm³/mol. The van der Waals surface area contributed by atoms with Crippen molar-refractivity contribution >= 4 is 16.1 Å². The van der Waals surface area contributed by atoms with Gasteiger partial charge in [0.15, 0.2) is 21.9 Å². The van der Waals surface area contributed by atoms with Gasteiger partial charge in [0.05, 0.1) is 4.90 Å². The van der Waals surface area contributed by atoms with E-state index in [1.54, 1.807) is 31.2 Å². The monoisotopic (exact) mass is 264 g/mol. The van der Waals surface area contributed by atoms with Gasteiger partial charge in [-0.15, -0.1) is 0 Å². The van der Waals surface area contributed by atoms with Crippen molar-refractivity contribution in [2.24, 2.45) is 0 Å². The molecule has 2 rings (SSSR count). The van der Waals surface area contributed by atoms with Gasteiger partial charge in [-0.2, -0.15) is 0 Å². The van der Waals surface area contributed by atoms with E-state index < -0.39 is 9.84 Å². The molecular weight excluding hydrogens is 252 g/mol. The summed E-state index contributed by atoms with van der Waals surface area (Å²) in [6.07, 6.45) is 0.546. The van der Waals surface area contributed by atoms with Crippen LogP contribution in [0.5, 0.6) is 0 Å². The summed E-state index contributed by atoms with van der Waals surface area (Å²) in [7, 11) is -3.45. The summed E-state index contributed by atoms with van der Waals surface area (Å²) < 4.78 is 29.4. The zero-order valence-electron chi connectivity index (χ0n) is 9.79. The van der Waals surface area contributed by atoms with Crippen molar-refractivity contribution in [3.63, 3.8) is 0 Å². The van der Waals surface area contributed by atoms with E-state index >= 15 is 0 Å². The number of hydrogen-bond donors (Lipinski definition) is 0. The van der Waals surface area contributed by atoms with Crippen molar-refractivity contribution in [1.29, 1.82) is 0 Å². The first kappa shape index (κ1) is 12.6. The molecule has 2 aromatic rings. The van der Waals surface area contributed by atoms with E-state index in [1.165, 1.54) is 12.1 Å². The third-order valence-corrected chi connectivity index (χ3v) is 4.35. The highest BCUT2D eigenvalue weighted by Gasteiger charge is 2.19. The second-order valence-electron chi connectivity index (χ2n) is 3.95. The summed E-state index contributed by atoms with van der Waals surface area (Å²) in [6.45, 7) is 1.74. The number of hydrogen-bond acceptors (Lipinski definition) is 4. The Hall–Kier alpha value is -1.88. The molecule has 1 heterocycles. The summed E-state index contributed by atoms with van der Waals surface area (Å²) in [5.41, 5.74) is 0.694. The van der Waals surface area contributed by atoms with Crippen molar-refractivity contribution in [3.8, 4) is 0 Å². The molecule has 5 heteroatoms. The molecule has 0 saturated carbocycles. The van der Waals surface area contributed by atoms with Gasteiger partial charge in [0.2, 0.25) is 0 Å². The molecule has 4 nitrogen and oxygen atoms in total. The lowest BCUT2D eigenvalue weighted by Crippen LogP contribution is -2.06. The molecule has 0 radical (unpaired) electrons. The van der Waals surface area contributed by atoms with E-state index in [9.17, 15) is 13.2 Å². The Bertz CT molecular complexity index is 668. The molecule has 18 heavy (non-hydrogen) atoms. The number of carbonyl (C=O) groups is 1. The number of aryl methyl sites for hydroxylation is 1. The standard InChI is InChI=1S/C13H12O4S/c1-10-4-2-3-5-13(10)18(15,16)9-12-7-6-11(8-14)17-12/h2-8H,9H2,1H3. The summed E-state index contributed by atoms with van der Waals surface area (Å²) in [4.78, 5) is 10.8. The van der Waals surface area contributed by atoms with Gasteiger partial charge >= 0.3 is 0 Å². The average Bonchev–Trinajstić information content (AvgIpc) is 2.76. The number of sulfone groups is 1. The molecule has 0 saturated heterocycles. The summed E-state index contributed by atoms with van der Waals surface area (Å²) in [5.74, 6) is 0.149. The van der Waals surface area contributed by atoms with Gasteiger partial charge in [0.25, 0.3) is 0 Å². The Labute approximate surface area is 105 Å². The number of carbonyl (C=O) groups excluding carboxylic acids is 1. The minimum absolute atomic E-state index is 0.130. The molecule has 1 aromatic carbocycles. The van der Waals surface area contributed by atoms with E-state index in [1.807, 2.05) is 0 Å². The molecule has 0 spiro atoms. The highest BCUT2D eigenvalue weighted by molar-refractivity contribution is 7.90. The van der Waals surface area contributed by atoms with Gasteiger partial charge in [0.1, 0.15) is 11.5 Å². The van der Waals surface area contributed by atoms with Crippen LogP contribution in [0.15, 0.2) is 45.7 Å². The highest BCUT2D eigenvalue weighted by atomic mass is 32.2. The van der Waals surface area contributed by atoms with Crippen LogP contribution < -0.4 is 0 Å². The zero-order valence-corrected chi connectivity index (χ0v) is 10.6. The molecule has 0 aliphatic carbocycles. The molecule has 1 aromatic heterocycles. The third-order valence-electron chi connectivity index (χ3n) is 2.56. The van der Waals surface area contributed by atoms with Crippen LogP contribution in [0.25, 0.3) is 0 Å². The van der Waals surface area contributed by atoms with Crippen LogP contribution in [0.1, 0.15) is 21.9 Å². The number of benzene rings is 1. The quantitative estimate of drug-likeness (QED) is 0.795. The van der Waals surface area contributed by atoms with Crippen molar-refractivity contribution < 1.29 is 17.6 Å². The lowest BCUT2D eigenvalue weighted by Gasteiger charge is -2.05. The molecule has 94 valence electrons. The molecule has 0 amide bonds. The second-order valence-corrected chi connectivity index (χ2v) is 5.90. The fourth-order valence-electron chi connectivity index (χ4n) is 1.71. The molecule has 0 N–H and O–H groups in total. The Morgan fingerprint density at radius 2 is 1.89 bits per heavy atom. The van der Waals surface area contributed by atoms with Gasteiger partial charge in [-0.1, -0.05) is 18.2 Å². The van der Waals surface area contributed by atoms with Gasteiger partial charge in [-0.25, -0.2) is 8.42 Å². The first-order valence-corrected chi connectivity index (χ1v) is 7.00. The molecule has 0 fully saturated rings. The SMILES string of the molecule is Cc1ccccc1S(=O)(=O)Cc1ccc(C=O)o1. The minimum atomic E-state index is -3.45. The second kappa shape index (κ2) is 4.78. The van der Waals surface area contributed by atoms with Gasteiger partial charge in [-0.05, 0) is 30.7 Å². The molecule has 0 aliphatic heterocycles. The highest BCUT2D eigenvalue weighted by Crippen LogP contribution is 2.20. The maximum atomic E-state index is 12.2. The number of furan rings is 1. The van der Waals surface area contributed by atoms with Crippen LogP contribution in [-0.2, 0) is 15.6 Å². The van der Waals surface area contributed by atoms with E-state index in [0.29, 0.717) is 11.8 Å². The van der Waals surface area contributed by atoms with Crippen LogP contribution in [0, 0.1) is 6.92 Å². The fraction of sp³-hybridized carbons (Fsp3) is 0.154. The Balaban J connectivity index is 2.33. The van der Waals surface area contributed by atoms with Crippen LogP contribution in [0.3, 0.4) is 0 Å². The topological polar surface area (TPSA) is 64.3 Å². The summed E-state index contributed by atoms with van der Waals surface area (Å²) >= 11 is 0. The maximum absolute atomic E-state index is 12.2. The van der Waals surface area contributed by atoms with Crippen LogP contribution in [0.4, 0.5) is 0 Å². The molecule has 0 aliphatic rings. The number of aldehydes is 1. The van der Waals surface area contributed by atoms with Crippen molar-refractivity contribution in [1.82, 2.24) is 0 Å². The normalized spacial score (nSPS) is 11.4. The van der Waals surface area contributed by atoms with Crippen molar-refractivity contribution in [2.75, 3.05) is 0 Å². The van der Waals surface area contributed by atoms with Crippen LogP contribution in [-0.4, -0.2) is 14.7 Å². The maximum Gasteiger partial charge on any atom is 0.185 e. The minimum Gasteiger partial charge on any atom is -0.457 e. The van der Waals surface area contributed by atoms with Gasteiger partial charge in [-0.3, -0.25) is 4.79 Å². The van der Waals surface area contributed by atoms with Crippen molar-refractivity contribution in [2.45, 2.75) is 17.6 Å². The third kappa shape index (κ3) is 2.51. The first-order chi connectivity index (χ1) is 8.53. The fourth-order valence-corrected chi connectivity index (χ4v) is 3.24. The van der Waals surface area contributed by atoms with E-state index in [2.05, 4.69) is 0 Å². The Kier molecular flexibility index (Phi) is 3.34. The summed E-state index contributed by atoms with van der Waals surface area (Å²) in [6, 6.07) is 9.72. The van der Waals surface area contributed by atoms with Crippen LogP contribution >= 0.6 is 0 Å². The van der Waals surface area contributed by atoms with Gasteiger partial charge in [0, 0.05) is 0 Å². The number of rotatable bonds is 4. The lowest BCUT2D eigenvalue weighted by atomic mass is 10.2. The molecule has 0 atom stereocenters. The van der Waals surface area contributed by atoms with E-state index in [0.717, 1.165) is 0 Å². The largest absolute Gasteiger partial charge is 0.457 e. The van der Waals surface area contributed by atoms with E-state index in [4.69, 9.17) is 4.42 Å². The molecular formula is C13H12O4S. The first-order valence-electron chi connectivity index (χ1n) is 5.35. The van der Waals surface area contributed by atoms with Crippen LogP contribution in [0.2, 0.25) is 0 Å².